The van der Waals surface area contributed by atoms with Crippen LogP contribution in [0.2, 0.25) is 0 Å². The number of aromatic nitrogens is 1. The van der Waals surface area contributed by atoms with Gasteiger partial charge < -0.3 is 9.47 Å². The summed E-state index contributed by atoms with van der Waals surface area (Å²) in [5.41, 5.74) is 3.27. The average Bonchev–Trinajstić information content (AvgIpc) is 3.40. The smallest absolute Gasteiger partial charge is 0.236 e. The quantitative estimate of drug-likeness (QED) is 0.626. The lowest BCUT2D eigenvalue weighted by molar-refractivity contribution is -0.119. The van der Waals surface area contributed by atoms with Gasteiger partial charge >= 0.3 is 0 Å². The maximum absolute atomic E-state index is 13.6. The van der Waals surface area contributed by atoms with Crippen LogP contribution in [0.15, 0.2) is 65.7 Å². The Hall–Kier alpha value is -2.99. The van der Waals surface area contributed by atoms with Gasteiger partial charge in [0.1, 0.15) is 5.82 Å². The van der Waals surface area contributed by atoms with Crippen LogP contribution in [0.1, 0.15) is 28.5 Å². The summed E-state index contributed by atoms with van der Waals surface area (Å²) in [6.07, 6.45) is 1.76. The SMILES string of the molecule is COc1ccc(C2CN(C(=O)C3CSc4ccccc43)c3ncccc32)cc1OC. The van der Waals surface area contributed by atoms with E-state index in [1.165, 1.54) is 4.90 Å². The molecule has 5 nitrogen and oxygen atoms in total. The zero-order chi connectivity index (χ0) is 20.7. The summed E-state index contributed by atoms with van der Waals surface area (Å²) in [4.78, 5) is 21.3. The number of fused-ring (bicyclic) bond motifs is 2. The molecular formula is C24H22N2O3S. The Morgan fingerprint density at radius 3 is 2.67 bits per heavy atom. The van der Waals surface area contributed by atoms with Crippen molar-refractivity contribution in [3.8, 4) is 11.5 Å². The average molecular weight is 419 g/mol. The molecule has 2 atom stereocenters. The Morgan fingerprint density at radius 1 is 1.03 bits per heavy atom. The van der Waals surface area contributed by atoms with Crippen molar-refractivity contribution < 1.29 is 14.3 Å². The number of ether oxygens (including phenoxy) is 2. The molecule has 2 aromatic carbocycles. The number of methoxy groups -OCH3 is 2. The maximum atomic E-state index is 13.6. The van der Waals surface area contributed by atoms with Gasteiger partial charge in [0.05, 0.1) is 20.1 Å². The highest BCUT2D eigenvalue weighted by molar-refractivity contribution is 7.99. The summed E-state index contributed by atoms with van der Waals surface area (Å²) in [6.45, 7) is 0.573. The van der Waals surface area contributed by atoms with E-state index >= 15 is 0 Å². The monoisotopic (exact) mass is 418 g/mol. The van der Waals surface area contributed by atoms with Crippen molar-refractivity contribution in [1.82, 2.24) is 4.98 Å². The molecule has 5 rings (SSSR count). The van der Waals surface area contributed by atoms with Gasteiger partial charge in [0.15, 0.2) is 11.5 Å². The Kier molecular flexibility index (Phi) is 4.87. The van der Waals surface area contributed by atoms with Gasteiger partial charge in [-0.05, 0) is 35.4 Å². The Labute approximate surface area is 180 Å². The number of nitrogens with zero attached hydrogens (tertiary/aromatic N) is 2. The molecule has 1 amide bonds. The van der Waals surface area contributed by atoms with E-state index in [4.69, 9.17) is 9.47 Å². The fourth-order valence-electron chi connectivity index (χ4n) is 4.38. The number of carbonyl (C=O) groups excluding carboxylic acids is 1. The van der Waals surface area contributed by atoms with Crippen LogP contribution in [0.5, 0.6) is 11.5 Å². The van der Waals surface area contributed by atoms with Gasteiger partial charge in [-0.15, -0.1) is 11.8 Å². The molecule has 6 heteroatoms. The van der Waals surface area contributed by atoms with Crippen LogP contribution in [-0.4, -0.2) is 37.4 Å². The molecule has 0 saturated heterocycles. The number of hydrogen-bond donors (Lipinski definition) is 0. The number of hydrogen-bond acceptors (Lipinski definition) is 5. The number of anilines is 1. The van der Waals surface area contributed by atoms with Crippen LogP contribution in [0.3, 0.4) is 0 Å². The molecule has 2 aliphatic rings. The van der Waals surface area contributed by atoms with Crippen molar-refractivity contribution in [2.24, 2.45) is 0 Å². The molecule has 152 valence electrons. The van der Waals surface area contributed by atoms with Gasteiger partial charge in [-0.2, -0.15) is 0 Å². The largest absolute Gasteiger partial charge is 0.493 e. The van der Waals surface area contributed by atoms with Crippen molar-refractivity contribution in [3.63, 3.8) is 0 Å². The third-order valence-corrected chi connectivity index (χ3v) is 7.07. The fraction of sp³-hybridized carbons (Fsp3) is 0.250. The molecule has 3 aromatic rings. The fourth-order valence-corrected chi connectivity index (χ4v) is 5.60. The number of amides is 1. The zero-order valence-corrected chi connectivity index (χ0v) is 17.7. The minimum absolute atomic E-state index is 0.0433. The van der Waals surface area contributed by atoms with E-state index in [-0.39, 0.29) is 17.7 Å². The maximum Gasteiger partial charge on any atom is 0.236 e. The summed E-state index contributed by atoms with van der Waals surface area (Å²) in [5, 5.41) is 0. The van der Waals surface area contributed by atoms with E-state index in [2.05, 4.69) is 23.2 Å². The van der Waals surface area contributed by atoms with Crippen molar-refractivity contribution in [3.05, 3.63) is 77.5 Å². The van der Waals surface area contributed by atoms with Crippen LogP contribution < -0.4 is 14.4 Å². The van der Waals surface area contributed by atoms with E-state index in [1.807, 2.05) is 41.3 Å². The van der Waals surface area contributed by atoms with Crippen LogP contribution >= 0.6 is 11.8 Å². The van der Waals surface area contributed by atoms with E-state index in [9.17, 15) is 4.79 Å². The molecule has 2 unspecified atom stereocenters. The number of benzene rings is 2. The summed E-state index contributed by atoms with van der Waals surface area (Å²) in [5.74, 6) is 2.95. The zero-order valence-electron chi connectivity index (χ0n) is 16.9. The van der Waals surface area contributed by atoms with E-state index in [0.717, 1.165) is 28.3 Å². The van der Waals surface area contributed by atoms with E-state index in [1.54, 1.807) is 32.2 Å². The Morgan fingerprint density at radius 2 is 1.83 bits per heavy atom. The highest BCUT2D eigenvalue weighted by Crippen LogP contribution is 2.45. The first-order chi connectivity index (χ1) is 14.7. The Balaban J connectivity index is 1.50. The van der Waals surface area contributed by atoms with Crippen LogP contribution in [0.25, 0.3) is 0 Å². The van der Waals surface area contributed by atoms with Crippen LogP contribution in [0, 0.1) is 0 Å². The topological polar surface area (TPSA) is 51.7 Å². The van der Waals surface area contributed by atoms with Gasteiger partial charge in [-0.25, -0.2) is 4.98 Å². The number of rotatable bonds is 4. The van der Waals surface area contributed by atoms with E-state index < -0.39 is 0 Å². The predicted octanol–water partition coefficient (Wildman–Crippen LogP) is 4.47. The van der Waals surface area contributed by atoms with Gasteiger partial charge in [0.2, 0.25) is 5.91 Å². The van der Waals surface area contributed by atoms with Gasteiger partial charge in [-0.3, -0.25) is 9.69 Å². The molecule has 2 aliphatic heterocycles. The number of carbonyl (C=O) groups is 1. The molecule has 30 heavy (non-hydrogen) atoms. The van der Waals surface area contributed by atoms with E-state index in [0.29, 0.717) is 18.0 Å². The second-order valence-corrected chi connectivity index (χ2v) is 8.50. The third kappa shape index (κ3) is 3.03. The minimum Gasteiger partial charge on any atom is -0.493 e. The van der Waals surface area contributed by atoms with Gasteiger partial charge in [0.25, 0.3) is 0 Å². The molecule has 0 spiro atoms. The van der Waals surface area contributed by atoms with Crippen molar-refractivity contribution in [2.75, 3.05) is 31.4 Å². The first kappa shape index (κ1) is 19.0. The highest BCUT2D eigenvalue weighted by Gasteiger charge is 2.39. The molecule has 0 bridgehead atoms. The second kappa shape index (κ2) is 7.69. The minimum atomic E-state index is -0.134. The standard InChI is InChI=1S/C24H22N2O3S/c1-28-20-10-9-15(12-21(20)29-2)18-13-26(23-17(18)7-5-11-25-23)24(27)19-14-30-22-8-4-3-6-16(19)22/h3-12,18-19H,13-14H2,1-2H3. The first-order valence-electron chi connectivity index (χ1n) is 9.91. The van der Waals surface area contributed by atoms with Crippen molar-refractivity contribution >= 4 is 23.5 Å². The van der Waals surface area contributed by atoms with Crippen molar-refractivity contribution in [2.45, 2.75) is 16.7 Å². The molecule has 1 aromatic heterocycles. The molecule has 0 radical (unpaired) electrons. The van der Waals surface area contributed by atoms with Crippen LogP contribution in [-0.2, 0) is 4.79 Å². The molecular weight excluding hydrogens is 396 g/mol. The molecule has 3 heterocycles. The second-order valence-electron chi connectivity index (χ2n) is 7.43. The molecule has 0 aliphatic carbocycles. The Bertz CT molecular complexity index is 1120. The summed E-state index contributed by atoms with van der Waals surface area (Å²) in [7, 11) is 3.26. The summed E-state index contributed by atoms with van der Waals surface area (Å²) >= 11 is 1.75. The molecule has 0 saturated carbocycles. The lowest BCUT2D eigenvalue weighted by Gasteiger charge is -2.21. The predicted molar refractivity (Wildman–Crippen MR) is 118 cm³/mol. The molecule has 0 fully saturated rings. The summed E-state index contributed by atoms with van der Waals surface area (Å²) < 4.78 is 10.9. The van der Waals surface area contributed by atoms with Crippen molar-refractivity contribution in [1.29, 1.82) is 0 Å². The highest BCUT2D eigenvalue weighted by atomic mass is 32.2. The van der Waals surface area contributed by atoms with Gasteiger partial charge in [-0.1, -0.05) is 30.3 Å². The summed E-state index contributed by atoms with van der Waals surface area (Å²) in [6, 6.07) is 18.1. The number of thioether (sulfide) groups is 1. The lowest BCUT2D eigenvalue weighted by Crippen LogP contribution is -2.35. The molecule has 0 N–H and O–H groups in total. The third-order valence-electron chi connectivity index (χ3n) is 5.89. The lowest BCUT2D eigenvalue weighted by atomic mass is 9.94. The van der Waals surface area contributed by atoms with Crippen LogP contribution in [0.4, 0.5) is 5.82 Å². The normalized spacial score (nSPS) is 19.3. The van der Waals surface area contributed by atoms with Gasteiger partial charge in [0, 0.05) is 34.9 Å². The number of pyridine rings is 1. The first-order valence-corrected chi connectivity index (χ1v) is 10.9.